The number of anilines is 1. The van der Waals surface area contributed by atoms with Crippen LogP contribution in [0.3, 0.4) is 0 Å². The van der Waals surface area contributed by atoms with E-state index in [4.69, 9.17) is 12.2 Å². The molecule has 1 aromatic heterocycles. The number of pyridine rings is 1. The van der Waals surface area contributed by atoms with Gasteiger partial charge in [-0.05, 0) is 46.2 Å². The Morgan fingerprint density at radius 1 is 1.30 bits per heavy atom. The van der Waals surface area contributed by atoms with Gasteiger partial charge in [0.15, 0.2) is 22.5 Å². The largest absolute Gasteiger partial charge is 0.382 e. The fraction of sp³-hybridized carbons (Fsp3) is 0.200. The maximum atomic E-state index is 5.92. The molecule has 2 aliphatic heterocycles. The molecule has 2 aliphatic rings. The molecule has 0 bridgehead atoms. The summed E-state index contributed by atoms with van der Waals surface area (Å²) in [6, 6.07) is 3.83. The van der Waals surface area contributed by atoms with Crippen LogP contribution in [0.15, 0.2) is 39.3 Å². The lowest BCUT2D eigenvalue weighted by atomic mass is 10.3. The molecule has 0 unspecified atom stereocenters. The van der Waals surface area contributed by atoms with Gasteiger partial charge in [-0.15, -0.1) is 12.3 Å². The number of terminal acetylenes is 1. The molecule has 3 rings (SSSR count). The number of aryl methyl sites for hydroxylation is 1. The third-order valence-electron chi connectivity index (χ3n) is 3.09. The minimum Gasteiger partial charge on any atom is -0.382 e. The Bertz CT molecular complexity index is 823. The summed E-state index contributed by atoms with van der Waals surface area (Å²) in [4.78, 5) is 17.5. The van der Waals surface area contributed by atoms with Gasteiger partial charge in [-0.3, -0.25) is 0 Å². The minimum absolute atomic E-state index is 0.372. The molecular weight excluding hydrogens is 376 g/mol. The average Bonchev–Trinajstić information content (AvgIpc) is 2.97. The molecule has 0 saturated heterocycles. The molecule has 1 aromatic rings. The van der Waals surface area contributed by atoms with E-state index in [-0.39, 0.29) is 0 Å². The van der Waals surface area contributed by atoms with Gasteiger partial charge in [-0.1, -0.05) is 0 Å². The van der Waals surface area contributed by atoms with Crippen molar-refractivity contribution in [1.29, 1.82) is 0 Å². The van der Waals surface area contributed by atoms with Gasteiger partial charge in [0.2, 0.25) is 0 Å². The van der Waals surface area contributed by atoms with Crippen molar-refractivity contribution >= 4 is 33.5 Å². The standard InChI is InChI=1S/C15H13BrN6S/c1-2-3-4-7-22-9-19-13(17)12-14(22)21-15(20-12)23-11-6-5-10(16)8-18-11/h1,5-6,8-9H,3-4,7,17H2. The number of nitrogen functional groups attached to an aromatic ring is 1. The first-order valence-corrected chi connectivity index (χ1v) is 8.49. The molecule has 2 N–H and O–H groups in total. The van der Waals surface area contributed by atoms with E-state index in [2.05, 4.69) is 41.8 Å². The number of nitrogens with zero attached hydrogens (tertiary/aromatic N) is 5. The highest BCUT2D eigenvalue weighted by Gasteiger charge is 2.19. The third-order valence-corrected chi connectivity index (χ3v) is 4.37. The number of hydrogen-bond acceptors (Lipinski definition) is 6. The van der Waals surface area contributed by atoms with Gasteiger partial charge in [-0.25, -0.2) is 19.9 Å². The summed E-state index contributed by atoms with van der Waals surface area (Å²) in [7, 11) is 0. The van der Waals surface area contributed by atoms with Crippen LogP contribution in [0.25, 0.3) is 11.5 Å². The highest BCUT2D eigenvalue weighted by molar-refractivity contribution is 9.10. The first-order chi connectivity index (χ1) is 11.2. The molecule has 3 heterocycles. The molecule has 116 valence electrons. The van der Waals surface area contributed by atoms with E-state index in [1.54, 1.807) is 12.5 Å². The molecular formula is C15H13BrN6S. The average molecular weight is 389 g/mol. The fourth-order valence-corrected chi connectivity index (χ4v) is 2.94. The predicted octanol–water partition coefficient (Wildman–Crippen LogP) is 3.08. The van der Waals surface area contributed by atoms with Crippen LogP contribution in [0.2, 0.25) is 0 Å². The molecule has 6 nitrogen and oxygen atoms in total. The summed E-state index contributed by atoms with van der Waals surface area (Å²) in [6.45, 7) is 0.729. The van der Waals surface area contributed by atoms with E-state index in [1.807, 2.05) is 16.7 Å². The molecule has 0 saturated carbocycles. The Kier molecular flexibility index (Phi) is 4.79. The maximum absolute atomic E-state index is 5.92. The van der Waals surface area contributed by atoms with Crippen LogP contribution in [0.5, 0.6) is 0 Å². The van der Waals surface area contributed by atoms with E-state index < -0.39 is 0 Å². The molecule has 0 aromatic carbocycles. The SMILES string of the molecule is C#CCCCn1cnc(N)c2nc(Sc3ccc(Br)cn3)nc1-2. The van der Waals surface area contributed by atoms with Crippen LogP contribution in [-0.4, -0.2) is 24.5 Å². The summed E-state index contributed by atoms with van der Waals surface area (Å²) < 4.78 is 2.85. The molecule has 0 fully saturated rings. The lowest BCUT2D eigenvalue weighted by Gasteiger charge is -2.09. The Hall–Kier alpha value is -2.11. The van der Waals surface area contributed by atoms with Crippen molar-refractivity contribution in [1.82, 2.24) is 24.5 Å². The lowest BCUT2D eigenvalue weighted by molar-refractivity contribution is 0.638. The van der Waals surface area contributed by atoms with Crippen molar-refractivity contribution in [2.45, 2.75) is 29.6 Å². The van der Waals surface area contributed by atoms with Crippen molar-refractivity contribution in [2.24, 2.45) is 0 Å². The van der Waals surface area contributed by atoms with Crippen molar-refractivity contribution in [3.05, 3.63) is 29.1 Å². The van der Waals surface area contributed by atoms with Crippen LogP contribution < -0.4 is 5.73 Å². The van der Waals surface area contributed by atoms with Crippen LogP contribution in [0.4, 0.5) is 5.82 Å². The number of halogens is 1. The maximum Gasteiger partial charge on any atom is 0.196 e. The zero-order chi connectivity index (χ0) is 16.2. The zero-order valence-electron chi connectivity index (χ0n) is 12.1. The van der Waals surface area contributed by atoms with Gasteiger partial charge in [0.25, 0.3) is 0 Å². The van der Waals surface area contributed by atoms with Crippen molar-refractivity contribution < 1.29 is 0 Å². The normalized spacial score (nSPS) is 10.8. The van der Waals surface area contributed by atoms with Gasteiger partial charge in [0.05, 0.1) is 6.33 Å². The number of imidazole rings is 1. The van der Waals surface area contributed by atoms with Gasteiger partial charge < -0.3 is 10.3 Å². The number of nitrogens with two attached hydrogens (primary N) is 1. The van der Waals surface area contributed by atoms with Crippen molar-refractivity contribution in [3.63, 3.8) is 0 Å². The van der Waals surface area contributed by atoms with Crippen LogP contribution in [-0.2, 0) is 6.54 Å². The molecule has 0 amide bonds. The third kappa shape index (κ3) is 3.63. The van der Waals surface area contributed by atoms with Crippen LogP contribution in [0, 0.1) is 12.3 Å². The highest BCUT2D eigenvalue weighted by Crippen LogP contribution is 2.31. The van der Waals surface area contributed by atoms with Crippen LogP contribution in [0.1, 0.15) is 12.8 Å². The molecule has 8 heteroatoms. The molecule has 0 radical (unpaired) electrons. The highest BCUT2D eigenvalue weighted by atomic mass is 79.9. The van der Waals surface area contributed by atoms with Crippen molar-refractivity contribution in [3.8, 4) is 23.9 Å². The van der Waals surface area contributed by atoms with E-state index >= 15 is 0 Å². The monoisotopic (exact) mass is 388 g/mol. The number of unbranched alkanes of at least 4 members (excludes halogenated alkanes) is 1. The molecule has 0 atom stereocenters. The van der Waals surface area contributed by atoms with Crippen molar-refractivity contribution in [2.75, 3.05) is 5.73 Å². The van der Waals surface area contributed by atoms with E-state index in [1.165, 1.54) is 11.8 Å². The molecule has 23 heavy (non-hydrogen) atoms. The smallest absolute Gasteiger partial charge is 0.196 e. The molecule has 0 aliphatic carbocycles. The first kappa shape index (κ1) is 15.8. The second-order valence-corrected chi connectivity index (χ2v) is 6.63. The minimum atomic E-state index is 0.372. The number of fused-ring (bicyclic) bond motifs is 1. The predicted molar refractivity (Wildman–Crippen MR) is 93.0 cm³/mol. The zero-order valence-corrected chi connectivity index (χ0v) is 14.5. The Labute approximate surface area is 146 Å². The van der Waals surface area contributed by atoms with Gasteiger partial charge in [0.1, 0.15) is 5.03 Å². The van der Waals surface area contributed by atoms with Crippen LogP contribution >= 0.6 is 27.7 Å². The van der Waals surface area contributed by atoms with Gasteiger partial charge in [-0.2, -0.15) is 0 Å². The Morgan fingerprint density at radius 2 is 2.17 bits per heavy atom. The summed E-state index contributed by atoms with van der Waals surface area (Å²) in [5.74, 6) is 3.72. The summed E-state index contributed by atoms with van der Waals surface area (Å²) >= 11 is 4.75. The first-order valence-electron chi connectivity index (χ1n) is 6.88. The van der Waals surface area contributed by atoms with E-state index in [0.29, 0.717) is 28.9 Å². The number of rotatable bonds is 5. The quantitative estimate of drug-likeness (QED) is 0.534. The van der Waals surface area contributed by atoms with Gasteiger partial charge in [0, 0.05) is 23.6 Å². The van der Waals surface area contributed by atoms with Gasteiger partial charge >= 0.3 is 0 Å². The number of aromatic nitrogens is 5. The van der Waals surface area contributed by atoms with E-state index in [0.717, 1.165) is 22.5 Å². The Morgan fingerprint density at radius 3 is 2.91 bits per heavy atom. The summed E-state index contributed by atoms with van der Waals surface area (Å²) in [5, 5.41) is 1.41. The van der Waals surface area contributed by atoms with E-state index in [9.17, 15) is 0 Å². The fourth-order valence-electron chi connectivity index (χ4n) is 2.01. The topological polar surface area (TPSA) is 82.5 Å². The Balaban J connectivity index is 1.89. The molecule has 0 spiro atoms. The number of hydrogen-bond donors (Lipinski definition) is 1. The summed E-state index contributed by atoms with van der Waals surface area (Å²) in [6.07, 6.45) is 10.3. The lowest BCUT2D eigenvalue weighted by Crippen LogP contribution is -2.08. The summed E-state index contributed by atoms with van der Waals surface area (Å²) in [5.41, 5.74) is 6.52. The second kappa shape index (κ2) is 6.98. The second-order valence-electron chi connectivity index (χ2n) is 4.73.